The highest BCUT2D eigenvalue weighted by molar-refractivity contribution is 6.04. The Bertz CT molecular complexity index is 505. The van der Waals surface area contributed by atoms with E-state index in [2.05, 4.69) is 24.4 Å². The van der Waals surface area contributed by atoms with Crippen molar-refractivity contribution in [2.45, 2.75) is 103 Å². The third-order valence-corrected chi connectivity index (χ3v) is 5.06. The van der Waals surface area contributed by atoms with Crippen LogP contribution < -0.4 is 5.32 Å². The van der Waals surface area contributed by atoms with Gasteiger partial charge < -0.3 is 9.64 Å². The van der Waals surface area contributed by atoms with Gasteiger partial charge in [-0.1, -0.05) is 70.4 Å². The molecule has 0 saturated carbocycles. The standard InChI is InChI=1S/C22H39N3O3/c1-3-4-5-6-7-8-9-10-11-12-13-14-15-16-17-18-19(26)28-21-20(27)24-22(23)25(21)2/h10-11,21H,3-9,12-18H2,1-2H3,(H2,23,24,27)/b11-10-. The molecule has 1 rings (SSSR count). The fourth-order valence-electron chi connectivity index (χ4n) is 3.22. The number of carbonyl (C=O) groups excluding carboxylic acids is 2. The minimum absolute atomic E-state index is 0.0381. The van der Waals surface area contributed by atoms with Crippen LogP contribution in [0.25, 0.3) is 0 Å². The van der Waals surface area contributed by atoms with Crippen molar-refractivity contribution in [2.75, 3.05) is 7.05 Å². The SMILES string of the molecule is CCCCCCCC/C=C\CCCCCCCC(=O)OC1C(=O)NC(=N)N1C. The largest absolute Gasteiger partial charge is 0.432 e. The van der Waals surface area contributed by atoms with E-state index in [0.29, 0.717) is 6.42 Å². The molecule has 160 valence electrons. The van der Waals surface area contributed by atoms with Gasteiger partial charge >= 0.3 is 5.97 Å². The lowest BCUT2D eigenvalue weighted by molar-refractivity contribution is -0.160. The lowest BCUT2D eigenvalue weighted by atomic mass is 10.1. The maximum atomic E-state index is 11.8. The second kappa shape index (κ2) is 15.1. The Morgan fingerprint density at radius 3 is 2.07 bits per heavy atom. The molecule has 0 spiro atoms. The van der Waals surface area contributed by atoms with E-state index in [9.17, 15) is 9.59 Å². The number of nitrogens with zero attached hydrogens (tertiary/aromatic N) is 1. The maximum absolute atomic E-state index is 11.8. The first-order valence-electron chi connectivity index (χ1n) is 11.0. The highest BCUT2D eigenvalue weighted by atomic mass is 16.6. The summed E-state index contributed by atoms with van der Waals surface area (Å²) in [6.45, 7) is 2.25. The summed E-state index contributed by atoms with van der Waals surface area (Å²) in [4.78, 5) is 24.7. The third-order valence-electron chi connectivity index (χ3n) is 5.06. The molecule has 2 N–H and O–H groups in total. The van der Waals surface area contributed by atoms with E-state index < -0.39 is 12.1 Å². The average Bonchev–Trinajstić information content (AvgIpc) is 2.91. The molecule has 0 radical (unpaired) electrons. The molecule has 0 aromatic rings. The molecule has 0 bridgehead atoms. The van der Waals surface area contributed by atoms with Crippen LogP contribution in [0.2, 0.25) is 0 Å². The summed E-state index contributed by atoms with van der Waals surface area (Å²) < 4.78 is 5.15. The molecular formula is C22H39N3O3. The van der Waals surface area contributed by atoms with Crippen molar-refractivity contribution >= 4 is 17.8 Å². The molecule has 1 aliphatic heterocycles. The highest BCUT2D eigenvalue weighted by Gasteiger charge is 2.36. The van der Waals surface area contributed by atoms with Gasteiger partial charge in [-0.15, -0.1) is 0 Å². The summed E-state index contributed by atoms with van der Waals surface area (Å²) >= 11 is 0. The Hall–Kier alpha value is -1.85. The lowest BCUT2D eigenvalue weighted by Crippen LogP contribution is -2.36. The van der Waals surface area contributed by atoms with Crippen LogP contribution in [0, 0.1) is 5.41 Å². The molecule has 6 heteroatoms. The second-order valence-electron chi connectivity index (χ2n) is 7.63. The van der Waals surface area contributed by atoms with Gasteiger partial charge in [0.25, 0.3) is 12.1 Å². The molecule has 1 atom stereocenters. The van der Waals surface area contributed by atoms with Gasteiger partial charge in [-0.25, -0.2) is 0 Å². The fourth-order valence-corrected chi connectivity index (χ4v) is 3.22. The number of carbonyl (C=O) groups is 2. The van der Waals surface area contributed by atoms with E-state index in [4.69, 9.17) is 10.1 Å². The maximum Gasteiger partial charge on any atom is 0.308 e. The van der Waals surface area contributed by atoms with Gasteiger partial charge in [-0.2, -0.15) is 0 Å². The van der Waals surface area contributed by atoms with Gasteiger partial charge in [0.2, 0.25) is 5.96 Å². The van der Waals surface area contributed by atoms with Gasteiger partial charge in [0.05, 0.1) is 0 Å². The molecule has 1 heterocycles. The average molecular weight is 394 g/mol. The number of guanidine groups is 1. The smallest absolute Gasteiger partial charge is 0.308 e. The van der Waals surface area contributed by atoms with E-state index >= 15 is 0 Å². The molecule has 1 fully saturated rings. The van der Waals surface area contributed by atoms with Gasteiger partial charge in [-0.3, -0.25) is 20.3 Å². The number of rotatable bonds is 16. The number of hydrogen-bond donors (Lipinski definition) is 2. The monoisotopic (exact) mass is 393 g/mol. The number of hydrogen-bond acceptors (Lipinski definition) is 4. The van der Waals surface area contributed by atoms with Crippen molar-refractivity contribution in [3.05, 3.63) is 12.2 Å². The number of unbranched alkanes of at least 4 members (excludes halogenated alkanes) is 11. The van der Waals surface area contributed by atoms with Crippen LogP contribution in [0.4, 0.5) is 0 Å². The summed E-state index contributed by atoms with van der Waals surface area (Å²) in [5.41, 5.74) is 0. The molecule has 1 amide bonds. The van der Waals surface area contributed by atoms with Crippen LogP contribution in [0.3, 0.4) is 0 Å². The predicted octanol–water partition coefficient (Wildman–Crippen LogP) is 4.89. The minimum atomic E-state index is -0.997. The summed E-state index contributed by atoms with van der Waals surface area (Å²) in [7, 11) is 1.56. The van der Waals surface area contributed by atoms with Gasteiger partial charge in [0.15, 0.2) is 0 Å². The number of esters is 1. The minimum Gasteiger partial charge on any atom is -0.432 e. The van der Waals surface area contributed by atoms with Crippen LogP contribution in [0.5, 0.6) is 0 Å². The van der Waals surface area contributed by atoms with Crippen LogP contribution >= 0.6 is 0 Å². The van der Waals surface area contributed by atoms with E-state index in [1.54, 1.807) is 7.05 Å². The van der Waals surface area contributed by atoms with E-state index in [1.807, 2.05) is 0 Å². The summed E-state index contributed by atoms with van der Waals surface area (Å²) in [6.07, 6.45) is 19.7. The van der Waals surface area contributed by atoms with Crippen LogP contribution in [-0.4, -0.2) is 36.0 Å². The Balaban J connectivity index is 1.90. The third kappa shape index (κ3) is 10.5. The van der Waals surface area contributed by atoms with Gasteiger partial charge in [-0.05, 0) is 32.1 Å². The zero-order chi connectivity index (χ0) is 20.6. The molecule has 1 saturated heterocycles. The molecule has 6 nitrogen and oxygen atoms in total. The first-order valence-corrected chi connectivity index (χ1v) is 11.0. The van der Waals surface area contributed by atoms with Crippen molar-refractivity contribution in [1.82, 2.24) is 10.2 Å². The number of ether oxygens (including phenoxy) is 1. The van der Waals surface area contributed by atoms with Gasteiger partial charge in [0.1, 0.15) is 0 Å². The van der Waals surface area contributed by atoms with Gasteiger partial charge in [0, 0.05) is 13.5 Å². The Morgan fingerprint density at radius 1 is 1.00 bits per heavy atom. The highest BCUT2D eigenvalue weighted by Crippen LogP contribution is 2.12. The van der Waals surface area contributed by atoms with Crippen molar-refractivity contribution < 1.29 is 14.3 Å². The number of allylic oxidation sites excluding steroid dienone is 2. The Kier molecular flexibility index (Phi) is 13.1. The summed E-state index contributed by atoms with van der Waals surface area (Å²) in [5, 5.41) is 9.82. The van der Waals surface area contributed by atoms with E-state index in [0.717, 1.165) is 25.7 Å². The number of amides is 1. The number of likely N-dealkylation sites (N-methyl/N-ethyl adjacent to an activating group) is 1. The van der Waals surface area contributed by atoms with Crippen molar-refractivity contribution in [1.29, 1.82) is 5.41 Å². The molecule has 0 aliphatic carbocycles. The normalized spacial score (nSPS) is 16.8. The first kappa shape index (κ1) is 24.2. The van der Waals surface area contributed by atoms with Crippen molar-refractivity contribution in [2.24, 2.45) is 0 Å². The van der Waals surface area contributed by atoms with Crippen molar-refractivity contribution in [3.8, 4) is 0 Å². The second-order valence-corrected chi connectivity index (χ2v) is 7.63. The van der Waals surface area contributed by atoms with Crippen molar-refractivity contribution in [3.63, 3.8) is 0 Å². The zero-order valence-corrected chi connectivity index (χ0v) is 17.8. The molecule has 1 unspecified atom stereocenters. The van der Waals surface area contributed by atoms with E-state index in [-0.39, 0.29) is 11.9 Å². The van der Waals surface area contributed by atoms with E-state index in [1.165, 1.54) is 62.7 Å². The molecule has 0 aromatic carbocycles. The Labute approximate surface area is 170 Å². The summed E-state index contributed by atoms with van der Waals surface area (Å²) in [5.74, 6) is -0.867. The number of nitrogens with one attached hydrogen (secondary N) is 2. The quantitative estimate of drug-likeness (QED) is 0.222. The molecule has 28 heavy (non-hydrogen) atoms. The topological polar surface area (TPSA) is 82.5 Å². The lowest BCUT2D eigenvalue weighted by Gasteiger charge is -2.17. The molecule has 0 aromatic heterocycles. The predicted molar refractivity (Wildman–Crippen MR) is 113 cm³/mol. The molecular weight excluding hydrogens is 354 g/mol. The van der Waals surface area contributed by atoms with Crippen LogP contribution in [0.15, 0.2) is 12.2 Å². The summed E-state index contributed by atoms with van der Waals surface area (Å²) in [6, 6.07) is 0. The first-order chi connectivity index (χ1) is 13.6. The zero-order valence-electron chi connectivity index (χ0n) is 17.8. The van der Waals surface area contributed by atoms with Crippen LogP contribution in [0.1, 0.15) is 96.8 Å². The van der Waals surface area contributed by atoms with Crippen LogP contribution in [-0.2, 0) is 14.3 Å². The Morgan fingerprint density at radius 2 is 1.54 bits per heavy atom. The molecule has 1 aliphatic rings. The fraction of sp³-hybridized carbons (Fsp3) is 0.773.